The summed E-state index contributed by atoms with van der Waals surface area (Å²) in [6.45, 7) is -0.0405. The predicted molar refractivity (Wildman–Crippen MR) is 68.0 cm³/mol. The van der Waals surface area contributed by atoms with Crippen LogP contribution in [0.4, 0.5) is 4.79 Å². The molecule has 2 atom stereocenters. The lowest BCUT2D eigenvalue weighted by molar-refractivity contribution is -0.142. The van der Waals surface area contributed by atoms with Gasteiger partial charge in [0.05, 0.1) is 5.88 Å². The number of carbonyl (C=O) groups excluding carboxylic acids is 1. The number of rotatable bonds is 6. The smallest absolute Gasteiger partial charge is 0.407 e. The zero-order valence-corrected chi connectivity index (χ0v) is 10.7. The first-order valence-corrected chi connectivity index (χ1v) is 6.04. The molecule has 0 aliphatic rings. The molecule has 6 nitrogen and oxygen atoms in total. The van der Waals surface area contributed by atoms with Crippen LogP contribution in [-0.2, 0) is 9.53 Å². The number of halogens is 1. The fourth-order valence-electron chi connectivity index (χ4n) is 1.42. The second-order valence-corrected chi connectivity index (χ2v) is 4.02. The Hall–Kier alpha value is -1.79. The fourth-order valence-corrected chi connectivity index (χ4v) is 1.50. The van der Waals surface area contributed by atoms with Crippen LogP contribution < -0.4 is 5.32 Å². The van der Waals surface area contributed by atoms with E-state index in [0.29, 0.717) is 5.56 Å². The van der Waals surface area contributed by atoms with Crippen molar-refractivity contribution in [2.24, 2.45) is 0 Å². The highest BCUT2D eigenvalue weighted by Gasteiger charge is 2.29. The number of alkyl halides is 1. The van der Waals surface area contributed by atoms with Crippen LogP contribution >= 0.6 is 11.6 Å². The lowest BCUT2D eigenvalue weighted by atomic mass is 10.0. The number of alkyl carbamates (subject to hydrolysis) is 1. The summed E-state index contributed by atoms with van der Waals surface area (Å²) in [5, 5.41) is 21.1. The third-order valence-electron chi connectivity index (χ3n) is 2.31. The number of amides is 1. The van der Waals surface area contributed by atoms with Crippen molar-refractivity contribution < 1.29 is 24.5 Å². The molecule has 0 saturated carbocycles. The quantitative estimate of drug-likeness (QED) is 0.682. The monoisotopic (exact) mass is 287 g/mol. The first-order chi connectivity index (χ1) is 9.06. The zero-order chi connectivity index (χ0) is 14.3. The van der Waals surface area contributed by atoms with Crippen molar-refractivity contribution in [1.29, 1.82) is 0 Å². The molecular weight excluding hydrogens is 274 g/mol. The Balaban J connectivity index is 2.72. The standard InChI is InChI=1S/C12H14ClNO5/c13-6-7-19-12(18)14-9(11(16)17)10(15)8-4-2-1-3-5-8/h1-5,9-10,15H,6-7H2,(H,14,18)(H,16,17). The molecule has 3 N–H and O–H groups in total. The molecule has 7 heteroatoms. The number of hydrogen-bond donors (Lipinski definition) is 3. The number of carbonyl (C=O) groups is 2. The molecule has 1 aromatic carbocycles. The van der Waals surface area contributed by atoms with E-state index in [2.05, 4.69) is 10.1 Å². The Bertz CT molecular complexity index is 425. The Morgan fingerprint density at radius 3 is 2.47 bits per heavy atom. The number of aliphatic hydroxyl groups is 1. The summed E-state index contributed by atoms with van der Waals surface area (Å²) in [6.07, 6.45) is -2.31. The van der Waals surface area contributed by atoms with Crippen LogP contribution in [0.2, 0.25) is 0 Å². The molecule has 2 unspecified atom stereocenters. The number of benzene rings is 1. The van der Waals surface area contributed by atoms with Gasteiger partial charge in [0.2, 0.25) is 0 Å². The van der Waals surface area contributed by atoms with Crippen LogP contribution in [0.3, 0.4) is 0 Å². The van der Waals surface area contributed by atoms with Crippen LogP contribution in [0.1, 0.15) is 11.7 Å². The summed E-state index contributed by atoms with van der Waals surface area (Å²) in [6, 6.07) is 6.67. The van der Waals surface area contributed by atoms with Gasteiger partial charge in [0, 0.05) is 0 Å². The molecule has 1 rings (SSSR count). The van der Waals surface area contributed by atoms with Gasteiger partial charge in [-0.2, -0.15) is 0 Å². The maximum absolute atomic E-state index is 11.3. The molecule has 0 aliphatic heterocycles. The van der Waals surface area contributed by atoms with Gasteiger partial charge in [-0.1, -0.05) is 30.3 Å². The van der Waals surface area contributed by atoms with Gasteiger partial charge in [-0.15, -0.1) is 11.6 Å². The van der Waals surface area contributed by atoms with Crippen LogP contribution in [0, 0.1) is 0 Å². The maximum Gasteiger partial charge on any atom is 0.407 e. The van der Waals surface area contributed by atoms with Crippen molar-refractivity contribution in [2.75, 3.05) is 12.5 Å². The number of aliphatic carboxylic acids is 1. The van der Waals surface area contributed by atoms with Gasteiger partial charge < -0.3 is 20.3 Å². The van der Waals surface area contributed by atoms with E-state index in [0.717, 1.165) is 0 Å². The van der Waals surface area contributed by atoms with Crippen molar-refractivity contribution in [1.82, 2.24) is 5.32 Å². The first-order valence-electron chi connectivity index (χ1n) is 5.51. The molecular formula is C12H14ClNO5. The summed E-state index contributed by atoms with van der Waals surface area (Å²) in [5.41, 5.74) is 0.382. The van der Waals surface area contributed by atoms with E-state index < -0.39 is 24.2 Å². The van der Waals surface area contributed by atoms with E-state index in [1.165, 1.54) is 0 Å². The lowest BCUT2D eigenvalue weighted by Gasteiger charge is -2.20. The van der Waals surface area contributed by atoms with E-state index in [1.807, 2.05) is 0 Å². The number of ether oxygens (including phenoxy) is 1. The minimum absolute atomic E-state index is 0.0405. The molecule has 19 heavy (non-hydrogen) atoms. The molecule has 0 aliphatic carbocycles. The number of carboxylic acids is 1. The van der Waals surface area contributed by atoms with Gasteiger partial charge in [0.1, 0.15) is 12.7 Å². The van der Waals surface area contributed by atoms with Gasteiger partial charge in [-0.3, -0.25) is 0 Å². The highest BCUT2D eigenvalue weighted by atomic mass is 35.5. The van der Waals surface area contributed by atoms with Crippen LogP contribution in [0.15, 0.2) is 30.3 Å². The first kappa shape index (κ1) is 15.3. The van der Waals surface area contributed by atoms with E-state index >= 15 is 0 Å². The Morgan fingerprint density at radius 2 is 1.95 bits per heavy atom. The summed E-state index contributed by atoms with van der Waals surface area (Å²) < 4.78 is 4.60. The minimum Gasteiger partial charge on any atom is -0.480 e. The Kier molecular flexibility index (Phi) is 6.11. The molecule has 0 spiro atoms. The average Bonchev–Trinajstić information content (AvgIpc) is 2.42. The maximum atomic E-state index is 11.3. The van der Waals surface area contributed by atoms with Crippen LogP contribution in [-0.4, -0.2) is 40.8 Å². The number of aliphatic hydroxyl groups excluding tert-OH is 1. The van der Waals surface area contributed by atoms with Gasteiger partial charge >= 0.3 is 12.1 Å². The summed E-state index contributed by atoms with van der Waals surface area (Å²) in [4.78, 5) is 22.4. The molecule has 104 valence electrons. The Labute approximate surface area is 114 Å². The Morgan fingerprint density at radius 1 is 1.32 bits per heavy atom. The average molecular weight is 288 g/mol. The molecule has 1 amide bonds. The minimum atomic E-state index is -1.50. The van der Waals surface area contributed by atoms with Crippen LogP contribution in [0.25, 0.3) is 0 Å². The van der Waals surface area contributed by atoms with Gasteiger partial charge in [-0.25, -0.2) is 9.59 Å². The zero-order valence-electron chi connectivity index (χ0n) is 9.95. The van der Waals surface area contributed by atoms with Crippen molar-refractivity contribution in [3.8, 4) is 0 Å². The molecule has 0 aromatic heterocycles. The van der Waals surface area contributed by atoms with Crippen molar-refractivity contribution >= 4 is 23.7 Å². The molecule has 0 fully saturated rings. The summed E-state index contributed by atoms with van der Waals surface area (Å²) >= 11 is 5.33. The molecule has 0 saturated heterocycles. The third kappa shape index (κ3) is 4.76. The van der Waals surface area contributed by atoms with Crippen molar-refractivity contribution in [3.63, 3.8) is 0 Å². The van der Waals surface area contributed by atoms with E-state index in [1.54, 1.807) is 30.3 Å². The molecule has 0 heterocycles. The second kappa shape index (κ2) is 7.60. The summed E-state index contributed by atoms with van der Waals surface area (Å²) in [7, 11) is 0. The lowest BCUT2D eigenvalue weighted by Crippen LogP contribution is -2.45. The molecule has 0 radical (unpaired) electrons. The van der Waals surface area contributed by atoms with Crippen molar-refractivity contribution in [2.45, 2.75) is 12.1 Å². The fraction of sp³-hybridized carbons (Fsp3) is 0.333. The normalized spacial score (nSPS) is 13.4. The van der Waals surface area contributed by atoms with Gasteiger partial charge in [0.25, 0.3) is 0 Å². The summed E-state index contributed by atoms with van der Waals surface area (Å²) in [5.74, 6) is -1.26. The van der Waals surface area contributed by atoms with Crippen LogP contribution in [0.5, 0.6) is 0 Å². The molecule has 0 bridgehead atoms. The number of hydrogen-bond acceptors (Lipinski definition) is 4. The van der Waals surface area contributed by atoms with E-state index in [4.69, 9.17) is 16.7 Å². The topological polar surface area (TPSA) is 95.9 Å². The highest BCUT2D eigenvalue weighted by Crippen LogP contribution is 2.16. The number of carboxylic acid groups (broad SMARTS) is 1. The second-order valence-electron chi connectivity index (χ2n) is 3.64. The third-order valence-corrected chi connectivity index (χ3v) is 2.46. The SMILES string of the molecule is O=C(NC(C(=O)O)C(O)c1ccccc1)OCCCl. The predicted octanol–water partition coefficient (Wildman–Crippen LogP) is 1.14. The van der Waals surface area contributed by atoms with E-state index in [-0.39, 0.29) is 12.5 Å². The number of nitrogens with one attached hydrogen (secondary N) is 1. The highest BCUT2D eigenvalue weighted by molar-refractivity contribution is 6.18. The molecule has 1 aromatic rings. The van der Waals surface area contributed by atoms with Gasteiger partial charge in [-0.05, 0) is 5.56 Å². The van der Waals surface area contributed by atoms with E-state index in [9.17, 15) is 14.7 Å². The van der Waals surface area contributed by atoms with Crippen molar-refractivity contribution in [3.05, 3.63) is 35.9 Å². The largest absolute Gasteiger partial charge is 0.480 e. The van der Waals surface area contributed by atoms with Gasteiger partial charge in [0.15, 0.2) is 6.04 Å².